The van der Waals surface area contributed by atoms with E-state index in [4.69, 9.17) is 18.9 Å². The van der Waals surface area contributed by atoms with Crippen LogP contribution in [0.1, 0.15) is 24.0 Å². The van der Waals surface area contributed by atoms with Crippen LogP contribution in [0.5, 0.6) is 11.5 Å². The first-order valence-corrected chi connectivity index (χ1v) is 19.3. The second-order valence-corrected chi connectivity index (χ2v) is 13.6. The van der Waals surface area contributed by atoms with Crippen LogP contribution in [-0.4, -0.2) is 38.4 Å². The lowest BCUT2D eigenvalue weighted by atomic mass is 10.0. The van der Waals surface area contributed by atoms with E-state index in [1.807, 2.05) is 48.5 Å². The van der Waals surface area contributed by atoms with E-state index in [0.29, 0.717) is 26.1 Å². The minimum absolute atomic E-state index is 0.281. The average Bonchev–Trinajstić information content (AvgIpc) is 3.26. The molecule has 6 aromatic carbocycles. The molecule has 0 amide bonds. The highest BCUT2D eigenvalue weighted by atomic mass is 16.5. The van der Waals surface area contributed by atoms with E-state index in [9.17, 15) is 9.59 Å². The molecule has 0 aliphatic heterocycles. The Labute approximate surface area is 341 Å². The van der Waals surface area contributed by atoms with Crippen molar-refractivity contribution >= 4 is 46.1 Å². The molecule has 58 heavy (non-hydrogen) atoms. The number of benzene rings is 6. The Morgan fingerprint density at radius 2 is 0.707 bits per heavy atom. The highest BCUT2D eigenvalue weighted by Crippen LogP contribution is 2.39. The Hall–Kier alpha value is -7.06. The molecule has 6 rings (SSSR count). The van der Waals surface area contributed by atoms with E-state index >= 15 is 0 Å². The largest absolute Gasteiger partial charge is 0.493 e. The molecule has 8 heteroatoms. The Morgan fingerprint density at radius 1 is 0.431 bits per heavy atom. The van der Waals surface area contributed by atoms with Gasteiger partial charge in [-0.05, 0) is 122 Å². The fourth-order valence-electron chi connectivity index (χ4n) is 6.23. The summed E-state index contributed by atoms with van der Waals surface area (Å²) in [6, 6.07) is 50.2. The molecule has 0 bridgehead atoms. The van der Waals surface area contributed by atoms with Crippen LogP contribution in [0.15, 0.2) is 171 Å². The minimum atomic E-state index is -0.432. The van der Waals surface area contributed by atoms with Crippen LogP contribution in [0.2, 0.25) is 0 Å². The van der Waals surface area contributed by atoms with Crippen molar-refractivity contribution in [3.05, 3.63) is 182 Å². The van der Waals surface area contributed by atoms with Crippen LogP contribution in [0, 0.1) is 13.8 Å². The quantitative estimate of drug-likeness (QED) is 0.0457. The van der Waals surface area contributed by atoms with Crippen LogP contribution < -0.4 is 19.3 Å². The molecule has 0 saturated heterocycles. The van der Waals surface area contributed by atoms with Crippen LogP contribution in [0.3, 0.4) is 0 Å². The highest BCUT2D eigenvalue weighted by Gasteiger charge is 2.15. The second-order valence-electron chi connectivity index (χ2n) is 13.6. The Balaban J connectivity index is 1.17. The van der Waals surface area contributed by atoms with Crippen molar-refractivity contribution in [3.8, 4) is 22.6 Å². The topological polar surface area (TPSA) is 77.5 Å². The van der Waals surface area contributed by atoms with Crippen molar-refractivity contribution < 1.29 is 28.5 Å². The van der Waals surface area contributed by atoms with Crippen molar-refractivity contribution in [3.63, 3.8) is 0 Å². The van der Waals surface area contributed by atoms with Gasteiger partial charge in [0.1, 0.15) is 11.5 Å². The third-order valence-electron chi connectivity index (χ3n) is 9.30. The summed E-state index contributed by atoms with van der Waals surface area (Å²) >= 11 is 0. The summed E-state index contributed by atoms with van der Waals surface area (Å²) in [4.78, 5) is 27.0. The van der Waals surface area contributed by atoms with Gasteiger partial charge in [-0.1, -0.05) is 72.8 Å². The monoisotopic (exact) mass is 772 g/mol. The summed E-state index contributed by atoms with van der Waals surface area (Å²) in [6.07, 6.45) is 3.48. The van der Waals surface area contributed by atoms with Crippen LogP contribution >= 0.6 is 0 Å². The number of esters is 2. The van der Waals surface area contributed by atoms with Crippen molar-refractivity contribution in [1.29, 1.82) is 0 Å². The van der Waals surface area contributed by atoms with E-state index in [0.717, 1.165) is 68.9 Å². The number of aryl methyl sites for hydroxylation is 2. The zero-order valence-corrected chi connectivity index (χ0v) is 33.0. The SMILES string of the molecule is C=CC(=O)OCCCOc1ccc(N(c2ccc(C)cc2)c2ccc(-c3ccc(N(c4ccc(C)cc4)c4ccc(OCCCOC(=O)C=C)cc4)cc3)cc2)cc1. The first-order chi connectivity index (χ1) is 28.3. The fourth-order valence-corrected chi connectivity index (χ4v) is 6.23. The molecule has 8 nitrogen and oxygen atoms in total. The molecule has 0 aliphatic rings. The number of ether oxygens (including phenoxy) is 4. The summed E-state index contributed by atoms with van der Waals surface area (Å²) in [5.41, 5.74) is 10.7. The minimum Gasteiger partial charge on any atom is -0.493 e. The standard InChI is InChI=1S/C50H48N2O6/c1-5-49(53)57-35-7-33-55-47-29-25-45(26-30-47)51(41-17-9-37(3)10-18-41)43-21-13-39(14-22-43)40-15-23-44(24-16-40)52(42-19-11-38(4)12-20-42)46-27-31-48(32-28-46)56-34-8-36-58-50(54)6-2/h5-6,9-32H,1-2,7-8,33-36H2,3-4H3. The maximum absolute atomic E-state index is 11.3. The predicted molar refractivity (Wildman–Crippen MR) is 233 cm³/mol. The molecule has 0 fully saturated rings. The normalized spacial score (nSPS) is 10.6. The number of nitrogens with zero attached hydrogens (tertiary/aromatic N) is 2. The molecule has 0 radical (unpaired) electrons. The first-order valence-electron chi connectivity index (χ1n) is 19.3. The molecule has 0 atom stereocenters. The molecule has 0 spiro atoms. The van der Waals surface area contributed by atoms with Gasteiger partial charge in [0.15, 0.2) is 0 Å². The number of carbonyl (C=O) groups excluding carboxylic acids is 2. The maximum atomic E-state index is 11.3. The third-order valence-corrected chi connectivity index (χ3v) is 9.30. The van der Waals surface area contributed by atoms with Crippen LogP contribution in [0.25, 0.3) is 11.1 Å². The van der Waals surface area contributed by atoms with Crippen molar-refractivity contribution in [2.24, 2.45) is 0 Å². The average molecular weight is 773 g/mol. The Kier molecular flexibility index (Phi) is 14.1. The van der Waals surface area contributed by atoms with Crippen molar-refractivity contribution in [2.75, 3.05) is 36.2 Å². The van der Waals surface area contributed by atoms with E-state index in [1.165, 1.54) is 11.1 Å². The Morgan fingerprint density at radius 3 is 1.00 bits per heavy atom. The molecule has 0 saturated carbocycles. The first kappa shape index (κ1) is 40.6. The molecule has 0 aliphatic carbocycles. The van der Waals surface area contributed by atoms with Gasteiger partial charge < -0.3 is 28.7 Å². The van der Waals surface area contributed by atoms with Crippen LogP contribution in [-0.2, 0) is 19.1 Å². The molecule has 294 valence electrons. The highest BCUT2D eigenvalue weighted by molar-refractivity contribution is 5.82. The fraction of sp³-hybridized carbons (Fsp3) is 0.160. The number of rotatable bonds is 19. The molecule has 0 unspecified atom stereocenters. The maximum Gasteiger partial charge on any atom is 0.330 e. The lowest BCUT2D eigenvalue weighted by molar-refractivity contribution is -0.138. The second kappa shape index (κ2) is 20.2. The van der Waals surface area contributed by atoms with Gasteiger partial charge in [-0.2, -0.15) is 0 Å². The van der Waals surface area contributed by atoms with E-state index in [2.05, 4.69) is 134 Å². The molecule has 6 aromatic rings. The molecular formula is C50H48N2O6. The summed E-state index contributed by atoms with van der Waals surface area (Å²) < 4.78 is 21.9. The third kappa shape index (κ3) is 11.0. The predicted octanol–water partition coefficient (Wildman–Crippen LogP) is 11.9. The van der Waals surface area contributed by atoms with Gasteiger partial charge in [0.05, 0.1) is 26.4 Å². The zero-order chi connectivity index (χ0) is 40.7. The molecular weight excluding hydrogens is 725 g/mol. The summed E-state index contributed by atoms with van der Waals surface area (Å²) in [5, 5.41) is 0. The van der Waals surface area contributed by atoms with Crippen LogP contribution in [0.4, 0.5) is 34.1 Å². The van der Waals surface area contributed by atoms with Gasteiger partial charge in [0.2, 0.25) is 0 Å². The molecule has 0 N–H and O–H groups in total. The van der Waals surface area contributed by atoms with Crippen molar-refractivity contribution in [1.82, 2.24) is 0 Å². The Bertz CT molecular complexity index is 2090. The molecule has 0 aromatic heterocycles. The van der Waals surface area contributed by atoms with E-state index in [1.54, 1.807) is 0 Å². The summed E-state index contributed by atoms with van der Waals surface area (Å²) in [6.45, 7) is 12.4. The van der Waals surface area contributed by atoms with E-state index < -0.39 is 11.9 Å². The van der Waals surface area contributed by atoms with Crippen molar-refractivity contribution in [2.45, 2.75) is 26.7 Å². The smallest absolute Gasteiger partial charge is 0.330 e. The van der Waals surface area contributed by atoms with Gasteiger partial charge >= 0.3 is 11.9 Å². The van der Waals surface area contributed by atoms with E-state index in [-0.39, 0.29) is 13.2 Å². The summed E-state index contributed by atoms with van der Waals surface area (Å²) in [5.74, 6) is 0.619. The lowest BCUT2D eigenvalue weighted by Gasteiger charge is -2.26. The number of anilines is 6. The number of hydrogen-bond donors (Lipinski definition) is 0. The molecule has 0 heterocycles. The van der Waals surface area contributed by atoms with Gasteiger partial charge in [-0.15, -0.1) is 0 Å². The van der Waals surface area contributed by atoms with Gasteiger partial charge in [0.25, 0.3) is 0 Å². The number of carbonyl (C=O) groups is 2. The summed E-state index contributed by atoms with van der Waals surface area (Å²) in [7, 11) is 0. The zero-order valence-electron chi connectivity index (χ0n) is 33.0. The van der Waals surface area contributed by atoms with Gasteiger partial charge in [-0.25, -0.2) is 9.59 Å². The lowest BCUT2D eigenvalue weighted by Crippen LogP contribution is -2.10. The number of hydrogen-bond acceptors (Lipinski definition) is 8. The van der Waals surface area contributed by atoms with Gasteiger partial charge in [0, 0.05) is 59.1 Å². The van der Waals surface area contributed by atoms with Gasteiger partial charge in [-0.3, -0.25) is 0 Å².